The number of halogens is 1. The largest absolute Gasteiger partial charge is 0.468 e. The van der Waals surface area contributed by atoms with Gasteiger partial charge in [0, 0.05) is 32.2 Å². The smallest absolute Gasteiger partial charge is 0.255 e. The van der Waals surface area contributed by atoms with Crippen LogP contribution in [0.3, 0.4) is 0 Å². The van der Waals surface area contributed by atoms with Crippen molar-refractivity contribution in [2.24, 2.45) is 0 Å². The fraction of sp³-hybridized carbons (Fsp3) is 0.421. The molecule has 7 nitrogen and oxygen atoms in total. The Morgan fingerprint density at radius 1 is 1.21 bits per heavy atom. The number of nitrogens with one attached hydrogen (secondary N) is 1. The molecule has 0 saturated carbocycles. The minimum atomic E-state index is -3.70. The van der Waals surface area contributed by atoms with Gasteiger partial charge in [-0.25, -0.2) is 13.1 Å². The molecule has 0 unspecified atom stereocenters. The molecule has 1 N–H and O–H groups in total. The molecular formula is C19H24ClN3O4S. The van der Waals surface area contributed by atoms with Crippen LogP contribution in [0.5, 0.6) is 0 Å². The summed E-state index contributed by atoms with van der Waals surface area (Å²) in [4.78, 5) is 16.9. The lowest BCUT2D eigenvalue weighted by Gasteiger charge is -2.34. The fourth-order valence-corrected chi connectivity index (χ4v) is 4.59. The standard InChI is InChI=1S/C19H24ClN3O4S/c1-14(2)21-28(25,26)16-5-6-18(20)17(12-16)19(24)23-9-7-22(8-10-23)13-15-4-3-11-27-15/h3-6,11-12,14,21H,7-10,13H2,1-2H3. The molecule has 1 aromatic carbocycles. The van der Waals surface area contributed by atoms with Gasteiger partial charge in [-0.3, -0.25) is 9.69 Å². The predicted octanol–water partition coefficient (Wildman–Crippen LogP) is 2.58. The Morgan fingerprint density at radius 3 is 2.54 bits per heavy atom. The highest BCUT2D eigenvalue weighted by Gasteiger charge is 2.26. The SMILES string of the molecule is CC(C)NS(=O)(=O)c1ccc(Cl)c(C(=O)N2CCN(Cc3ccco3)CC2)c1. The van der Waals surface area contributed by atoms with Crippen LogP contribution in [0.1, 0.15) is 30.0 Å². The first-order valence-corrected chi connectivity index (χ1v) is 11.0. The van der Waals surface area contributed by atoms with Gasteiger partial charge in [0.2, 0.25) is 10.0 Å². The van der Waals surface area contributed by atoms with Crippen molar-refractivity contribution < 1.29 is 17.6 Å². The number of furan rings is 1. The van der Waals surface area contributed by atoms with E-state index >= 15 is 0 Å². The number of carbonyl (C=O) groups is 1. The molecule has 152 valence electrons. The molecule has 2 aromatic rings. The van der Waals surface area contributed by atoms with Crippen molar-refractivity contribution in [2.75, 3.05) is 26.2 Å². The Labute approximate surface area is 170 Å². The molecular weight excluding hydrogens is 402 g/mol. The molecule has 0 spiro atoms. The Morgan fingerprint density at radius 2 is 1.93 bits per heavy atom. The molecule has 28 heavy (non-hydrogen) atoms. The Hall–Kier alpha value is -1.87. The highest BCUT2D eigenvalue weighted by Crippen LogP contribution is 2.23. The van der Waals surface area contributed by atoms with Gasteiger partial charge in [0.15, 0.2) is 0 Å². The third kappa shape index (κ3) is 4.94. The maximum Gasteiger partial charge on any atom is 0.255 e. The van der Waals surface area contributed by atoms with E-state index in [0.717, 1.165) is 5.76 Å². The van der Waals surface area contributed by atoms with E-state index in [-0.39, 0.29) is 27.4 Å². The summed E-state index contributed by atoms with van der Waals surface area (Å²) in [5.74, 6) is 0.627. The topological polar surface area (TPSA) is 82.9 Å². The minimum absolute atomic E-state index is 0.0328. The molecule has 0 atom stereocenters. The Kier molecular flexibility index (Phi) is 6.44. The lowest BCUT2D eigenvalue weighted by Crippen LogP contribution is -2.48. The van der Waals surface area contributed by atoms with E-state index in [9.17, 15) is 13.2 Å². The summed E-state index contributed by atoms with van der Waals surface area (Å²) < 4.78 is 32.7. The summed E-state index contributed by atoms with van der Waals surface area (Å²) in [6.45, 7) is 6.66. The second-order valence-electron chi connectivity index (χ2n) is 7.07. The first-order chi connectivity index (χ1) is 13.3. The molecule has 9 heteroatoms. The van der Waals surface area contributed by atoms with Gasteiger partial charge >= 0.3 is 0 Å². The van der Waals surface area contributed by atoms with Crippen LogP contribution in [-0.2, 0) is 16.6 Å². The maximum atomic E-state index is 12.9. The number of rotatable bonds is 6. The molecule has 0 aliphatic carbocycles. The molecule has 1 amide bonds. The van der Waals surface area contributed by atoms with Crippen molar-refractivity contribution in [2.45, 2.75) is 31.3 Å². The van der Waals surface area contributed by atoms with Crippen molar-refractivity contribution in [3.05, 3.63) is 52.9 Å². The van der Waals surface area contributed by atoms with Gasteiger partial charge in [-0.2, -0.15) is 0 Å². The molecule has 0 bridgehead atoms. The molecule has 1 aliphatic rings. The molecule has 1 aromatic heterocycles. The van der Waals surface area contributed by atoms with E-state index in [1.54, 1.807) is 25.0 Å². The van der Waals surface area contributed by atoms with Crippen LogP contribution in [0.25, 0.3) is 0 Å². The zero-order valence-electron chi connectivity index (χ0n) is 15.9. The number of benzene rings is 1. The first-order valence-electron chi connectivity index (χ1n) is 9.12. The molecule has 1 saturated heterocycles. The van der Waals surface area contributed by atoms with E-state index in [2.05, 4.69) is 9.62 Å². The molecule has 1 fully saturated rings. The van der Waals surface area contributed by atoms with Crippen LogP contribution in [0.15, 0.2) is 45.9 Å². The molecule has 0 radical (unpaired) electrons. The normalized spacial score (nSPS) is 15.9. The number of sulfonamides is 1. The second kappa shape index (κ2) is 8.65. The van der Waals surface area contributed by atoms with E-state index in [0.29, 0.717) is 32.7 Å². The number of hydrogen-bond acceptors (Lipinski definition) is 5. The van der Waals surface area contributed by atoms with Gasteiger partial charge in [-0.1, -0.05) is 11.6 Å². The van der Waals surface area contributed by atoms with Crippen molar-refractivity contribution in [1.29, 1.82) is 0 Å². The quantitative estimate of drug-likeness (QED) is 0.769. The van der Waals surface area contributed by atoms with Gasteiger partial charge < -0.3 is 9.32 Å². The van der Waals surface area contributed by atoms with E-state index in [1.165, 1.54) is 18.2 Å². The minimum Gasteiger partial charge on any atom is -0.468 e. The van der Waals surface area contributed by atoms with Crippen LogP contribution in [-0.4, -0.2) is 56.3 Å². The van der Waals surface area contributed by atoms with Gasteiger partial charge in [-0.15, -0.1) is 0 Å². The summed E-state index contributed by atoms with van der Waals surface area (Å²) in [5.41, 5.74) is 0.202. The van der Waals surface area contributed by atoms with Crippen LogP contribution in [0.2, 0.25) is 5.02 Å². The summed E-state index contributed by atoms with van der Waals surface area (Å²) in [6, 6.07) is 7.75. The summed E-state index contributed by atoms with van der Waals surface area (Å²) in [6.07, 6.45) is 1.65. The third-order valence-electron chi connectivity index (χ3n) is 4.49. The Bertz CT molecular complexity index is 921. The lowest BCUT2D eigenvalue weighted by atomic mass is 10.1. The summed E-state index contributed by atoms with van der Waals surface area (Å²) in [5, 5.41) is 0.242. The van der Waals surface area contributed by atoms with Gasteiger partial charge in [0.1, 0.15) is 5.76 Å². The van der Waals surface area contributed by atoms with Crippen molar-refractivity contribution >= 4 is 27.5 Å². The summed E-state index contributed by atoms with van der Waals surface area (Å²) in [7, 11) is -3.70. The zero-order valence-corrected chi connectivity index (χ0v) is 17.5. The number of nitrogens with zero attached hydrogens (tertiary/aromatic N) is 2. The zero-order chi connectivity index (χ0) is 20.3. The monoisotopic (exact) mass is 425 g/mol. The van der Waals surface area contributed by atoms with Crippen molar-refractivity contribution in [3.8, 4) is 0 Å². The van der Waals surface area contributed by atoms with Crippen LogP contribution in [0.4, 0.5) is 0 Å². The van der Waals surface area contributed by atoms with Crippen LogP contribution < -0.4 is 4.72 Å². The van der Waals surface area contributed by atoms with Gasteiger partial charge in [0.05, 0.1) is 28.3 Å². The van der Waals surface area contributed by atoms with Gasteiger partial charge in [-0.05, 0) is 44.2 Å². The maximum absolute atomic E-state index is 12.9. The summed E-state index contributed by atoms with van der Waals surface area (Å²) >= 11 is 6.20. The fourth-order valence-electron chi connectivity index (χ4n) is 3.12. The molecule has 1 aliphatic heterocycles. The van der Waals surface area contributed by atoms with E-state index < -0.39 is 10.0 Å². The van der Waals surface area contributed by atoms with Crippen molar-refractivity contribution in [3.63, 3.8) is 0 Å². The first kappa shape index (κ1) is 20.9. The van der Waals surface area contributed by atoms with Gasteiger partial charge in [0.25, 0.3) is 5.91 Å². The van der Waals surface area contributed by atoms with Crippen LogP contribution >= 0.6 is 11.6 Å². The number of amides is 1. The highest BCUT2D eigenvalue weighted by molar-refractivity contribution is 7.89. The number of hydrogen-bond donors (Lipinski definition) is 1. The van der Waals surface area contributed by atoms with E-state index in [1.807, 2.05) is 12.1 Å². The average Bonchev–Trinajstić information content (AvgIpc) is 3.14. The number of carbonyl (C=O) groups excluding carboxylic acids is 1. The highest BCUT2D eigenvalue weighted by atomic mass is 35.5. The predicted molar refractivity (Wildman–Crippen MR) is 107 cm³/mol. The molecule has 3 rings (SSSR count). The Balaban J connectivity index is 1.70. The second-order valence-corrected chi connectivity index (χ2v) is 9.19. The molecule has 2 heterocycles. The lowest BCUT2D eigenvalue weighted by molar-refractivity contribution is 0.0620. The third-order valence-corrected chi connectivity index (χ3v) is 6.47. The average molecular weight is 426 g/mol. The van der Waals surface area contributed by atoms with Crippen LogP contribution in [0, 0.1) is 0 Å². The van der Waals surface area contributed by atoms with E-state index in [4.69, 9.17) is 16.0 Å². The number of piperazine rings is 1. The van der Waals surface area contributed by atoms with Crippen molar-refractivity contribution in [1.82, 2.24) is 14.5 Å².